The van der Waals surface area contributed by atoms with E-state index in [0.717, 1.165) is 0 Å². The summed E-state index contributed by atoms with van der Waals surface area (Å²) in [5.41, 5.74) is 2.42. The van der Waals surface area contributed by atoms with Crippen LogP contribution < -0.4 is 11.3 Å². The number of pyridine rings is 1. The minimum absolute atomic E-state index is 0.688. The molecule has 0 spiro atoms. The van der Waals surface area contributed by atoms with Crippen LogP contribution in [-0.2, 0) is 0 Å². The molecule has 1 aromatic heterocycles. The molecule has 0 aliphatic carbocycles. The van der Waals surface area contributed by atoms with E-state index in [1.165, 1.54) is 0 Å². The highest BCUT2D eigenvalue weighted by Crippen LogP contribution is 1.94. The Morgan fingerprint density at radius 3 is 2.40 bits per heavy atom. The zero-order valence-corrected chi connectivity index (χ0v) is 6.33. The Hall–Kier alpha value is -1.09. The van der Waals surface area contributed by atoms with Gasteiger partial charge in [-0.1, -0.05) is 19.9 Å². The maximum Gasteiger partial charge on any atom is 0.139 e. The molecule has 10 heavy (non-hydrogen) atoms. The minimum atomic E-state index is 0.688. The van der Waals surface area contributed by atoms with Crippen LogP contribution in [0.2, 0.25) is 0 Å². The predicted molar refractivity (Wildman–Crippen MR) is 43.4 cm³/mol. The Labute approximate surface area is 61.2 Å². The van der Waals surface area contributed by atoms with Crippen LogP contribution in [0.3, 0.4) is 0 Å². The van der Waals surface area contributed by atoms with Gasteiger partial charge in [-0.25, -0.2) is 10.8 Å². The lowest BCUT2D eigenvalue weighted by Gasteiger charge is -1.92. The Balaban J connectivity index is 0.000000371. The van der Waals surface area contributed by atoms with Gasteiger partial charge in [-0.3, -0.25) is 0 Å². The van der Waals surface area contributed by atoms with Gasteiger partial charge in [-0.2, -0.15) is 0 Å². The van der Waals surface area contributed by atoms with E-state index in [0.29, 0.717) is 5.82 Å². The van der Waals surface area contributed by atoms with Crippen molar-refractivity contribution in [2.24, 2.45) is 5.84 Å². The third-order valence-corrected chi connectivity index (χ3v) is 0.813. The summed E-state index contributed by atoms with van der Waals surface area (Å²) < 4.78 is 0. The maximum atomic E-state index is 5.04. The van der Waals surface area contributed by atoms with Crippen molar-refractivity contribution in [3.05, 3.63) is 24.4 Å². The quantitative estimate of drug-likeness (QED) is 0.456. The average molecular weight is 139 g/mol. The minimum Gasteiger partial charge on any atom is -0.308 e. The molecule has 0 amide bonds. The molecule has 0 saturated heterocycles. The lowest BCUT2D eigenvalue weighted by Crippen LogP contribution is -2.07. The summed E-state index contributed by atoms with van der Waals surface area (Å²) >= 11 is 0. The summed E-state index contributed by atoms with van der Waals surface area (Å²) in [4.78, 5) is 3.86. The average Bonchev–Trinajstić information content (AvgIpc) is 2.10. The Kier molecular flexibility index (Phi) is 5.38. The molecular weight excluding hydrogens is 126 g/mol. The molecule has 0 aliphatic heterocycles. The molecule has 56 valence electrons. The van der Waals surface area contributed by atoms with Crippen LogP contribution in [0.5, 0.6) is 0 Å². The monoisotopic (exact) mass is 139 g/mol. The number of anilines is 1. The number of aromatic nitrogens is 1. The molecule has 0 aliphatic rings. The fraction of sp³-hybridized carbons (Fsp3) is 0.286. The van der Waals surface area contributed by atoms with E-state index in [1.54, 1.807) is 12.3 Å². The highest BCUT2D eigenvalue weighted by atomic mass is 15.2. The third-order valence-electron chi connectivity index (χ3n) is 0.813. The predicted octanol–water partition coefficient (Wildman–Crippen LogP) is 1.39. The highest BCUT2D eigenvalue weighted by molar-refractivity contribution is 5.30. The van der Waals surface area contributed by atoms with Gasteiger partial charge in [0.05, 0.1) is 0 Å². The van der Waals surface area contributed by atoms with Crippen LogP contribution in [0.15, 0.2) is 24.4 Å². The maximum absolute atomic E-state index is 5.04. The molecule has 0 saturated carbocycles. The molecule has 1 heterocycles. The first kappa shape index (κ1) is 8.91. The van der Waals surface area contributed by atoms with Crippen LogP contribution in [0.1, 0.15) is 13.8 Å². The summed E-state index contributed by atoms with van der Waals surface area (Å²) in [7, 11) is 0. The lowest BCUT2D eigenvalue weighted by molar-refractivity contribution is 1.23. The van der Waals surface area contributed by atoms with E-state index in [-0.39, 0.29) is 0 Å². The first-order valence-corrected chi connectivity index (χ1v) is 3.31. The van der Waals surface area contributed by atoms with Gasteiger partial charge >= 0.3 is 0 Å². The molecular formula is C7H13N3. The third kappa shape index (κ3) is 3.04. The van der Waals surface area contributed by atoms with Crippen LogP contribution in [0.4, 0.5) is 5.82 Å². The lowest BCUT2D eigenvalue weighted by atomic mass is 10.5. The van der Waals surface area contributed by atoms with E-state index in [4.69, 9.17) is 5.84 Å². The first-order chi connectivity index (χ1) is 4.93. The van der Waals surface area contributed by atoms with E-state index >= 15 is 0 Å². The molecule has 1 aromatic rings. The number of hydrazine groups is 1. The van der Waals surface area contributed by atoms with E-state index in [2.05, 4.69) is 10.4 Å². The van der Waals surface area contributed by atoms with Gasteiger partial charge in [-0.05, 0) is 12.1 Å². The van der Waals surface area contributed by atoms with Gasteiger partial charge < -0.3 is 5.43 Å². The normalized spacial score (nSPS) is 7.50. The smallest absolute Gasteiger partial charge is 0.139 e. The summed E-state index contributed by atoms with van der Waals surface area (Å²) in [6, 6.07) is 5.49. The molecule has 0 radical (unpaired) electrons. The molecule has 0 fully saturated rings. The second kappa shape index (κ2) is 6.04. The molecule has 1 rings (SSSR count). The van der Waals surface area contributed by atoms with Crippen LogP contribution in [0.25, 0.3) is 0 Å². The van der Waals surface area contributed by atoms with Crippen LogP contribution in [-0.4, -0.2) is 4.98 Å². The first-order valence-electron chi connectivity index (χ1n) is 3.31. The number of hydrogen-bond acceptors (Lipinski definition) is 3. The molecule has 0 atom stereocenters. The van der Waals surface area contributed by atoms with Gasteiger partial charge in [-0.15, -0.1) is 0 Å². The summed E-state index contributed by atoms with van der Waals surface area (Å²) in [6.07, 6.45) is 1.68. The van der Waals surface area contributed by atoms with Crippen molar-refractivity contribution in [3.63, 3.8) is 0 Å². The number of nitrogens with one attached hydrogen (secondary N) is 1. The van der Waals surface area contributed by atoms with E-state index in [1.807, 2.05) is 26.0 Å². The molecule has 3 heteroatoms. The second-order valence-corrected chi connectivity index (χ2v) is 1.36. The van der Waals surface area contributed by atoms with Gasteiger partial charge in [0.15, 0.2) is 0 Å². The largest absolute Gasteiger partial charge is 0.308 e. The van der Waals surface area contributed by atoms with Crippen molar-refractivity contribution in [1.29, 1.82) is 0 Å². The number of nitrogens with zero attached hydrogens (tertiary/aromatic N) is 1. The summed E-state index contributed by atoms with van der Waals surface area (Å²) in [5.74, 6) is 5.72. The van der Waals surface area contributed by atoms with Crippen molar-refractivity contribution < 1.29 is 0 Å². The molecule has 3 nitrogen and oxygen atoms in total. The highest BCUT2D eigenvalue weighted by Gasteiger charge is 1.79. The summed E-state index contributed by atoms with van der Waals surface area (Å²) in [5, 5.41) is 0. The van der Waals surface area contributed by atoms with E-state index < -0.39 is 0 Å². The van der Waals surface area contributed by atoms with Crippen LogP contribution >= 0.6 is 0 Å². The van der Waals surface area contributed by atoms with Crippen molar-refractivity contribution in [2.45, 2.75) is 13.8 Å². The van der Waals surface area contributed by atoms with Crippen molar-refractivity contribution >= 4 is 5.82 Å². The second-order valence-electron chi connectivity index (χ2n) is 1.36. The Bertz CT molecular complexity index is 150. The zero-order chi connectivity index (χ0) is 7.82. The van der Waals surface area contributed by atoms with Crippen molar-refractivity contribution in [1.82, 2.24) is 4.98 Å². The van der Waals surface area contributed by atoms with E-state index in [9.17, 15) is 0 Å². The number of hydrogen-bond donors (Lipinski definition) is 2. The topological polar surface area (TPSA) is 50.9 Å². The summed E-state index contributed by atoms with van der Waals surface area (Å²) in [6.45, 7) is 4.00. The van der Waals surface area contributed by atoms with Gasteiger partial charge in [0.1, 0.15) is 5.82 Å². The molecule has 0 aromatic carbocycles. The number of nitrogen functional groups attached to an aromatic ring is 1. The van der Waals surface area contributed by atoms with Gasteiger partial charge in [0.25, 0.3) is 0 Å². The molecule has 0 unspecified atom stereocenters. The Morgan fingerprint density at radius 1 is 1.40 bits per heavy atom. The SMILES string of the molecule is CC.NNc1ccccn1. The van der Waals surface area contributed by atoms with Crippen molar-refractivity contribution in [2.75, 3.05) is 5.43 Å². The standard InChI is InChI=1S/C5H7N3.C2H6/c6-8-5-3-1-2-4-7-5;1-2/h1-4H,6H2,(H,7,8);1-2H3. The van der Waals surface area contributed by atoms with Crippen molar-refractivity contribution in [3.8, 4) is 0 Å². The number of rotatable bonds is 1. The number of nitrogens with two attached hydrogens (primary N) is 1. The molecule has 3 N–H and O–H groups in total. The van der Waals surface area contributed by atoms with Gasteiger partial charge in [0, 0.05) is 6.20 Å². The zero-order valence-electron chi connectivity index (χ0n) is 6.33. The fourth-order valence-electron chi connectivity index (χ4n) is 0.448. The fourth-order valence-corrected chi connectivity index (χ4v) is 0.448. The van der Waals surface area contributed by atoms with Crippen LogP contribution in [0, 0.1) is 0 Å². The molecule has 0 bridgehead atoms. The van der Waals surface area contributed by atoms with Gasteiger partial charge in [0.2, 0.25) is 0 Å². The Morgan fingerprint density at radius 2 is 2.10 bits per heavy atom.